The molecule has 0 radical (unpaired) electrons. The highest BCUT2D eigenvalue weighted by Gasteiger charge is 2.54. The summed E-state index contributed by atoms with van der Waals surface area (Å²) < 4.78 is 29.6. The van der Waals surface area contributed by atoms with E-state index in [9.17, 15) is 14.4 Å². The van der Waals surface area contributed by atoms with E-state index in [0.29, 0.717) is 42.5 Å². The lowest BCUT2D eigenvalue weighted by Crippen LogP contribution is -2.65. The zero-order valence-electron chi connectivity index (χ0n) is 32.8. The molecule has 1 heterocycles. The van der Waals surface area contributed by atoms with E-state index >= 15 is 0 Å². The van der Waals surface area contributed by atoms with Crippen LogP contribution in [0.3, 0.4) is 0 Å². The van der Waals surface area contributed by atoms with Crippen LogP contribution >= 0.6 is 11.8 Å². The van der Waals surface area contributed by atoms with Crippen molar-refractivity contribution in [3.8, 4) is 0 Å². The molecule has 3 aromatic carbocycles. The number of hydrogen-bond donors (Lipinski definition) is 0. The van der Waals surface area contributed by atoms with Crippen molar-refractivity contribution in [2.75, 3.05) is 20.3 Å². The highest BCUT2D eigenvalue weighted by Crippen LogP contribution is 2.45. The van der Waals surface area contributed by atoms with Gasteiger partial charge in [0.1, 0.15) is 25.1 Å². The first-order valence-electron chi connectivity index (χ1n) is 18.9. The number of esters is 1. The normalized spacial score (nSPS) is 17.7. The van der Waals surface area contributed by atoms with Crippen LogP contribution in [0.5, 0.6) is 0 Å². The van der Waals surface area contributed by atoms with Gasteiger partial charge in [0, 0.05) is 11.5 Å². The third-order valence-corrected chi connectivity index (χ3v) is 17.8. The molecule has 1 unspecified atom stereocenters. The van der Waals surface area contributed by atoms with Crippen molar-refractivity contribution in [3.63, 3.8) is 0 Å². The number of thioether (sulfide) groups is 1. The maximum Gasteiger partial charge on any atom is 0.508 e. The summed E-state index contributed by atoms with van der Waals surface area (Å²) in [6.07, 6.45) is 3.68. The first-order chi connectivity index (χ1) is 25.9. The van der Waals surface area contributed by atoms with Gasteiger partial charge >= 0.3 is 18.2 Å². The van der Waals surface area contributed by atoms with E-state index in [0.717, 1.165) is 16.0 Å². The number of nitrogens with zero attached hydrogens (tertiary/aromatic N) is 1. The van der Waals surface area contributed by atoms with Crippen molar-refractivity contribution in [1.82, 2.24) is 4.90 Å². The Labute approximate surface area is 326 Å². The van der Waals surface area contributed by atoms with Gasteiger partial charge in [-0.2, -0.15) is 0 Å². The Bertz CT molecular complexity index is 1620. The molecule has 9 nitrogen and oxygen atoms in total. The third kappa shape index (κ3) is 10.8. The number of ether oxygens (including phenoxy) is 4. The Kier molecular flexibility index (Phi) is 16.3. The van der Waals surface area contributed by atoms with Gasteiger partial charge in [-0.3, -0.25) is 9.69 Å². The van der Waals surface area contributed by atoms with E-state index in [-0.39, 0.29) is 19.8 Å². The van der Waals surface area contributed by atoms with E-state index in [1.165, 1.54) is 18.9 Å². The van der Waals surface area contributed by atoms with Crippen LogP contribution in [-0.2, 0) is 41.4 Å². The molecule has 11 heteroatoms. The van der Waals surface area contributed by atoms with Gasteiger partial charge < -0.3 is 23.4 Å². The Balaban J connectivity index is 1.72. The van der Waals surface area contributed by atoms with Gasteiger partial charge in [0.2, 0.25) is 0 Å². The smallest absolute Gasteiger partial charge is 0.468 e. The van der Waals surface area contributed by atoms with E-state index in [1.807, 2.05) is 103 Å². The van der Waals surface area contributed by atoms with Gasteiger partial charge in [0.05, 0.1) is 18.7 Å². The molecule has 1 aliphatic heterocycles. The zero-order valence-corrected chi connectivity index (χ0v) is 34.6. The highest BCUT2D eigenvalue weighted by atomic mass is 32.2. The number of methoxy groups -OCH3 is 1. The summed E-state index contributed by atoms with van der Waals surface area (Å²) in [6.45, 7) is 13.9. The van der Waals surface area contributed by atoms with Gasteiger partial charge in [-0.25, -0.2) is 9.59 Å². The van der Waals surface area contributed by atoms with Crippen molar-refractivity contribution >= 4 is 38.3 Å². The van der Waals surface area contributed by atoms with Crippen molar-refractivity contribution in [2.45, 2.75) is 112 Å². The molecule has 0 saturated carbocycles. The molecule has 3 aromatic rings. The predicted molar refractivity (Wildman–Crippen MR) is 216 cm³/mol. The minimum absolute atomic E-state index is 0.0196. The average molecular weight is 776 g/mol. The van der Waals surface area contributed by atoms with Crippen LogP contribution in [0.1, 0.15) is 71.9 Å². The van der Waals surface area contributed by atoms with Crippen molar-refractivity contribution in [2.24, 2.45) is 0 Å². The van der Waals surface area contributed by atoms with Crippen LogP contribution in [0.2, 0.25) is 16.6 Å². The SMILES string of the molecule is COC(=O)C(Sc1ccccc1)[C@@]1(CCCO[Si](C(C)C)(C(C)C)C(C)C)C=CC[C@H](COC(=O)OCc2ccccc2)N1C(=O)OCc1ccccc1. The monoisotopic (exact) mass is 775 g/mol. The van der Waals surface area contributed by atoms with E-state index in [1.54, 1.807) is 4.90 Å². The molecule has 0 saturated heterocycles. The van der Waals surface area contributed by atoms with E-state index in [2.05, 4.69) is 41.5 Å². The second kappa shape index (κ2) is 20.6. The summed E-state index contributed by atoms with van der Waals surface area (Å²) in [5.74, 6) is -0.491. The molecule has 0 fully saturated rings. The second-order valence-corrected chi connectivity index (χ2v) is 21.3. The largest absolute Gasteiger partial charge is 0.508 e. The number of hydrogen-bond acceptors (Lipinski definition) is 9. The van der Waals surface area contributed by atoms with Gasteiger partial charge in [0.15, 0.2) is 8.32 Å². The minimum atomic E-state index is -2.21. The minimum Gasteiger partial charge on any atom is -0.468 e. The fourth-order valence-electron chi connectivity index (χ4n) is 7.88. The van der Waals surface area contributed by atoms with Crippen LogP contribution in [0.4, 0.5) is 9.59 Å². The van der Waals surface area contributed by atoms with Gasteiger partial charge in [-0.1, -0.05) is 133 Å². The van der Waals surface area contributed by atoms with Gasteiger partial charge in [0.25, 0.3) is 0 Å². The molecule has 0 aromatic heterocycles. The molecular weight excluding hydrogens is 719 g/mol. The summed E-state index contributed by atoms with van der Waals surface area (Å²) in [7, 11) is -0.847. The molecule has 1 amide bonds. The molecule has 54 heavy (non-hydrogen) atoms. The lowest BCUT2D eigenvalue weighted by atomic mass is 9.82. The van der Waals surface area contributed by atoms with Gasteiger partial charge in [-0.05, 0) is 59.1 Å². The maximum absolute atomic E-state index is 14.6. The molecule has 3 atom stereocenters. The first kappa shape index (κ1) is 42.7. The fraction of sp³-hybridized carbons (Fsp3) is 0.465. The molecule has 0 aliphatic carbocycles. The van der Waals surface area contributed by atoms with Crippen LogP contribution in [0, 0.1) is 0 Å². The number of carbonyl (C=O) groups is 3. The Morgan fingerprint density at radius 1 is 0.778 bits per heavy atom. The fourth-order valence-corrected chi connectivity index (χ4v) is 14.7. The average Bonchev–Trinajstić information content (AvgIpc) is 3.17. The van der Waals surface area contributed by atoms with Crippen molar-refractivity contribution in [3.05, 3.63) is 114 Å². The summed E-state index contributed by atoms with van der Waals surface area (Å²) >= 11 is 1.33. The van der Waals surface area contributed by atoms with Crippen molar-refractivity contribution in [1.29, 1.82) is 0 Å². The molecular formula is C43H57NO8SSi. The molecule has 0 N–H and O–H groups in total. The highest BCUT2D eigenvalue weighted by molar-refractivity contribution is 8.00. The molecule has 0 bridgehead atoms. The van der Waals surface area contributed by atoms with Crippen molar-refractivity contribution < 1.29 is 37.8 Å². The van der Waals surface area contributed by atoms with Crippen LogP contribution < -0.4 is 0 Å². The topological polar surface area (TPSA) is 101 Å². The Morgan fingerprint density at radius 3 is 1.85 bits per heavy atom. The standard InChI is InChI=1S/C43H57NO8SSi/c1-32(2)54(33(3)4,34(5)6)52-28-18-27-43(39(40(45)48-7)53-38-24-15-10-16-25-38)26-17-23-37(31-51-42(47)50-30-36-21-13-9-14-22-36)44(43)41(46)49-29-35-19-11-8-12-20-35/h8-17,19-22,24-26,32-34,37,39H,18,23,27-31H2,1-7H3/t37-,39?,43+/m1/s1. The molecule has 4 rings (SSSR count). The summed E-state index contributed by atoms with van der Waals surface area (Å²) in [5, 5.41) is -0.902. The summed E-state index contributed by atoms with van der Waals surface area (Å²) in [4.78, 5) is 44.0. The quantitative estimate of drug-likeness (QED) is 0.0312. The van der Waals surface area contributed by atoms with Crippen LogP contribution in [-0.4, -0.2) is 68.6 Å². The maximum atomic E-state index is 14.6. The Hall–Kier alpha value is -4.06. The summed E-state index contributed by atoms with van der Waals surface area (Å²) in [6, 6.07) is 27.7. The van der Waals surface area contributed by atoms with Gasteiger partial charge in [-0.15, -0.1) is 11.8 Å². The number of amides is 1. The Morgan fingerprint density at radius 2 is 1.31 bits per heavy atom. The number of rotatable bonds is 18. The van der Waals surface area contributed by atoms with Crippen LogP contribution in [0.15, 0.2) is 108 Å². The van der Waals surface area contributed by atoms with E-state index < -0.39 is 43.4 Å². The molecule has 0 spiro atoms. The number of carbonyl (C=O) groups excluding carboxylic acids is 3. The third-order valence-electron chi connectivity index (χ3n) is 10.3. The lowest BCUT2D eigenvalue weighted by Gasteiger charge is -2.50. The summed E-state index contributed by atoms with van der Waals surface area (Å²) in [5.41, 5.74) is 1.57. The second-order valence-electron chi connectivity index (χ2n) is 14.6. The molecule has 1 aliphatic rings. The first-order valence-corrected chi connectivity index (χ1v) is 21.9. The number of benzene rings is 3. The van der Waals surface area contributed by atoms with Crippen LogP contribution in [0.25, 0.3) is 0 Å². The lowest BCUT2D eigenvalue weighted by molar-refractivity contribution is -0.143. The predicted octanol–water partition coefficient (Wildman–Crippen LogP) is 10.4. The zero-order chi connectivity index (χ0) is 39.1. The molecule has 292 valence electrons. The van der Waals surface area contributed by atoms with E-state index in [4.69, 9.17) is 23.4 Å².